The van der Waals surface area contributed by atoms with Gasteiger partial charge in [-0.25, -0.2) is 0 Å². The molecule has 16 atom stereocenters. The Bertz CT molecular complexity index is 3430. The molecule has 3 rings (SSSR count). The summed E-state index contributed by atoms with van der Waals surface area (Å²) in [5.41, 5.74) is 11.7. The van der Waals surface area contributed by atoms with Crippen LogP contribution in [0.1, 0.15) is 135 Å². The molecule has 5 amide bonds. The van der Waals surface area contributed by atoms with Crippen molar-refractivity contribution in [3.8, 4) is 5.75 Å². The number of phenols is 1. The van der Waals surface area contributed by atoms with Crippen LogP contribution in [0, 0.1) is 11.3 Å². The van der Waals surface area contributed by atoms with Gasteiger partial charge >= 0.3 is 5.97 Å². The number of benzene rings is 3. The fraction of sp³-hybridized carbons (Fsp3) is 0.500. The molecule has 0 fully saturated rings. The molecule has 0 unspecified atom stereocenters. The Balaban J connectivity index is 2.18. The predicted molar refractivity (Wildman–Crippen MR) is 388 cm³/mol. The van der Waals surface area contributed by atoms with Crippen LogP contribution in [0.2, 0.25) is 0 Å². The number of phenolic OH excluding ortho intramolecular Hbond substituents is 1. The van der Waals surface area contributed by atoms with Crippen LogP contribution in [0.5, 0.6) is 5.75 Å². The molecule has 0 radical (unpaired) electrons. The van der Waals surface area contributed by atoms with Crippen LogP contribution in [0.15, 0.2) is 97.6 Å². The number of rotatable bonds is 59. The van der Waals surface area contributed by atoms with E-state index >= 15 is 14.4 Å². The van der Waals surface area contributed by atoms with Crippen LogP contribution in [0.3, 0.4) is 0 Å². The largest absolute Gasteiger partial charge is 0.508 e. The van der Waals surface area contributed by atoms with Gasteiger partial charge in [0.25, 0.3) is 0 Å². The molecule has 0 bridgehead atoms. The van der Waals surface area contributed by atoms with Crippen LogP contribution in [-0.4, -0.2) is 198 Å². The average Bonchev–Trinajstić information content (AvgIpc) is 0.831. The van der Waals surface area contributed by atoms with Crippen LogP contribution in [-0.2, 0) is 101 Å². The number of aldehydes is 7. The number of unbranched alkanes of at least 4 members (excludes halogenated alkanes) is 1. The van der Waals surface area contributed by atoms with Crippen LogP contribution in [0.4, 0.5) is 0 Å². The van der Waals surface area contributed by atoms with Crippen molar-refractivity contribution < 1.29 is 91.7 Å². The molecule has 32 heteroatoms. The Hall–Kier alpha value is -9.93. The second-order valence-corrected chi connectivity index (χ2v) is 26.3. The second-order valence-electron chi connectivity index (χ2n) is 26.3. The number of nitrogens with two attached hydrogens (primary N) is 2. The lowest BCUT2D eigenvalue weighted by Gasteiger charge is -2.34. The van der Waals surface area contributed by atoms with Gasteiger partial charge in [-0.15, -0.1) is 6.58 Å². The highest BCUT2D eigenvalue weighted by Gasteiger charge is 2.40. The van der Waals surface area contributed by atoms with Crippen LogP contribution >= 0.6 is 0 Å². The molecule has 32 nitrogen and oxygen atoms in total. The molecular formula is C74H103N13O19. The lowest BCUT2D eigenvalue weighted by Crippen LogP contribution is -2.63. The molecule has 578 valence electrons. The van der Waals surface area contributed by atoms with E-state index < -0.39 is 188 Å². The lowest BCUT2D eigenvalue weighted by molar-refractivity contribution is -0.138. The number of carbonyl (C=O) groups is 17. The van der Waals surface area contributed by atoms with Gasteiger partial charge in [0.2, 0.25) is 29.5 Å². The number of nitrogens with one attached hydrogen (secondary N) is 11. The lowest BCUT2D eigenvalue weighted by atomic mass is 9.79. The molecule has 0 aliphatic rings. The SMILES string of the molecule is C=CCCC[C@](C)(CC[C@@H](NC(=O)CCC(=O)[C@@H](N)N[C@H](C=O)[C@@H](C)CC)N[C@H](C=O)CC(=O)O)C(=O)N[C@@H](N[C@H](C=O)Cc1ccccc1)C(=O)C[C@@H](N[C@H](C=O)CC(N)=O)C(=O)N[C@@H](N[C@@H](C)C=O)C(=O)C[C@@H](N[C@H](C=O)Cc1ccccc1)C(=O)N[C@@H](N[C@H](C=O)Cc1ccc(O)cc1)C(=O)CC. The van der Waals surface area contributed by atoms with Gasteiger partial charge in [-0.2, -0.15) is 0 Å². The molecule has 106 heavy (non-hydrogen) atoms. The molecule has 0 heterocycles. The number of aliphatic carboxylic acids is 1. The monoisotopic (exact) mass is 1480 g/mol. The zero-order chi connectivity index (χ0) is 78.9. The number of carbonyl (C=O) groups excluding carboxylic acids is 16. The van der Waals surface area contributed by atoms with Crippen molar-refractivity contribution >= 4 is 103 Å². The van der Waals surface area contributed by atoms with Crippen molar-refractivity contribution in [2.24, 2.45) is 22.8 Å². The fourth-order valence-electron chi connectivity index (χ4n) is 11.2. The predicted octanol–water partition coefficient (Wildman–Crippen LogP) is -0.883. The first-order valence-electron chi connectivity index (χ1n) is 35.1. The van der Waals surface area contributed by atoms with E-state index in [-0.39, 0.29) is 69.3 Å². The number of allylic oxidation sites excluding steroid dienone is 1. The van der Waals surface area contributed by atoms with E-state index in [2.05, 4.69) is 65.1 Å². The molecule has 3 aromatic rings. The quantitative estimate of drug-likeness (QED) is 0.0141. The number of primary amides is 1. The highest BCUT2D eigenvalue weighted by atomic mass is 16.4. The third kappa shape index (κ3) is 33.0. The van der Waals surface area contributed by atoms with Gasteiger partial charge in [0.05, 0.1) is 67.0 Å². The van der Waals surface area contributed by atoms with Gasteiger partial charge in [-0.1, -0.05) is 113 Å². The molecule has 0 saturated heterocycles. The Morgan fingerprint density at radius 2 is 0.991 bits per heavy atom. The first-order chi connectivity index (χ1) is 50.5. The van der Waals surface area contributed by atoms with Gasteiger partial charge in [0.1, 0.15) is 74.4 Å². The standard InChI is InChI=1S/C74H103N13O19/c1-7-10-17-29-74(6,30-28-64(80-54(43-93)35-66(102)103)84-65(101)27-26-60(97)67(76)83-58(44-94)45(4)8-2)73(106)87-70(82-51(40-90)32-48-20-15-12-16-21-48)62(99)37-57(79-53(42-92)34-63(75)100)72(105)86-69(77-46(5)38-88)61(98)36-56(78-50(39-89)31-47-18-13-11-14-19-47)71(104)85-68(59(96)9-3)81-52(41-91)33-49-22-24-55(95)25-23-49/h7,11-16,18-25,38-46,50-54,56-58,64,67-70,77-83,95H,1,8-10,17,26-37,76H2,2-6H3,(H2,75,100)(H,84,101)(H,85,104)(H,86,105)(H,87,106)(H,102,103)/t45-,46-,50-,51-,52-,53-,54-,56+,57+,58+,64+,67-,68+,69+,70+,74+/m0/s1. The van der Waals surface area contributed by atoms with E-state index in [0.717, 1.165) is 0 Å². The highest BCUT2D eigenvalue weighted by molar-refractivity contribution is 5.99. The maximum atomic E-state index is 15.3. The molecule has 0 aliphatic carbocycles. The van der Waals surface area contributed by atoms with Gasteiger partial charge in [-0.3, -0.25) is 85.2 Å². The molecular weight excluding hydrogens is 1370 g/mol. The van der Waals surface area contributed by atoms with Crippen molar-refractivity contribution in [3.05, 3.63) is 114 Å². The van der Waals surface area contributed by atoms with Gasteiger partial charge < -0.3 is 76.5 Å². The average molecular weight is 1480 g/mol. The highest BCUT2D eigenvalue weighted by Crippen LogP contribution is 2.32. The van der Waals surface area contributed by atoms with Crippen molar-refractivity contribution in [1.82, 2.24) is 58.5 Å². The van der Waals surface area contributed by atoms with Gasteiger partial charge in [0, 0.05) is 43.9 Å². The van der Waals surface area contributed by atoms with Gasteiger partial charge in [-0.05, 0) is 93.0 Å². The molecule has 3 aromatic carbocycles. The summed E-state index contributed by atoms with van der Waals surface area (Å²) in [5, 5.41) is 49.0. The zero-order valence-corrected chi connectivity index (χ0v) is 60.4. The third-order valence-electron chi connectivity index (χ3n) is 17.6. The van der Waals surface area contributed by atoms with Crippen LogP contribution in [0.25, 0.3) is 0 Å². The zero-order valence-electron chi connectivity index (χ0n) is 60.4. The number of Topliss-reactive ketones (excluding diaryl/α,β-unsaturated/α-hetero) is 4. The minimum absolute atomic E-state index is 0.0118. The number of amides is 5. The number of carboxylic acids is 1. The van der Waals surface area contributed by atoms with Gasteiger partial charge in [0.15, 0.2) is 23.1 Å². The molecule has 0 aromatic heterocycles. The maximum absolute atomic E-state index is 15.3. The van der Waals surface area contributed by atoms with E-state index in [1.165, 1.54) is 45.0 Å². The smallest absolute Gasteiger partial charge is 0.305 e. The Kier molecular flexibility index (Phi) is 41.1. The topological polar surface area (TPSA) is 515 Å². The Morgan fingerprint density at radius 1 is 0.519 bits per heavy atom. The summed E-state index contributed by atoms with van der Waals surface area (Å²) < 4.78 is 0. The normalized spacial score (nSPS) is 16.1. The van der Waals surface area contributed by atoms with Crippen molar-refractivity contribution in [2.75, 3.05) is 0 Å². The summed E-state index contributed by atoms with van der Waals surface area (Å²) >= 11 is 0. The molecule has 17 N–H and O–H groups in total. The number of aromatic hydroxyl groups is 1. The Labute approximate surface area is 615 Å². The first kappa shape index (κ1) is 90.3. The number of hydrogen-bond donors (Lipinski definition) is 15. The summed E-state index contributed by atoms with van der Waals surface area (Å²) in [6, 6.07) is 10.3. The number of ketones is 4. The minimum Gasteiger partial charge on any atom is -0.508 e. The summed E-state index contributed by atoms with van der Waals surface area (Å²) in [5.74, 6) is -10.1. The van der Waals surface area contributed by atoms with Crippen molar-refractivity contribution in [2.45, 2.75) is 223 Å². The number of carboxylic acid groups (broad SMARTS) is 1. The summed E-state index contributed by atoms with van der Waals surface area (Å²) in [6.07, 6.45) is -7.70. The van der Waals surface area contributed by atoms with E-state index in [0.29, 0.717) is 67.2 Å². The van der Waals surface area contributed by atoms with E-state index in [1.54, 1.807) is 73.7 Å². The first-order valence-corrected chi connectivity index (χ1v) is 35.1. The fourth-order valence-corrected chi connectivity index (χ4v) is 11.2. The van der Waals surface area contributed by atoms with Crippen molar-refractivity contribution in [3.63, 3.8) is 0 Å². The van der Waals surface area contributed by atoms with E-state index in [1.807, 2.05) is 6.92 Å². The van der Waals surface area contributed by atoms with E-state index in [9.17, 15) is 77.3 Å². The summed E-state index contributed by atoms with van der Waals surface area (Å²) in [4.78, 5) is 227. The molecule has 0 spiro atoms. The molecule has 0 saturated carbocycles. The third-order valence-corrected chi connectivity index (χ3v) is 17.6. The Morgan fingerprint density at radius 3 is 1.44 bits per heavy atom. The van der Waals surface area contributed by atoms with Crippen molar-refractivity contribution in [1.29, 1.82) is 0 Å². The minimum atomic E-state index is -2.00. The molecule has 0 aliphatic heterocycles. The van der Waals surface area contributed by atoms with Crippen LogP contribution < -0.4 is 70.0 Å². The summed E-state index contributed by atoms with van der Waals surface area (Å²) in [7, 11) is 0. The second kappa shape index (κ2) is 48.2. The van der Waals surface area contributed by atoms with E-state index in [4.69, 9.17) is 11.5 Å². The summed E-state index contributed by atoms with van der Waals surface area (Å²) in [6.45, 7) is 11.7. The maximum Gasteiger partial charge on any atom is 0.305 e. The number of hydrogen-bond acceptors (Lipinski definition) is 26.